The number of hydrogen-bond donors (Lipinski definition) is 2. The van der Waals surface area contributed by atoms with Gasteiger partial charge in [0.15, 0.2) is 0 Å². The molecule has 0 unspecified atom stereocenters. The maximum atomic E-state index is 11.7. The number of carbonyl (C=O) groups excluding carboxylic acids is 1. The lowest BCUT2D eigenvalue weighted by Crippen LogP contribution is -2.11. The van der Waals surface area contributed by atoms with Gasteiger partial charge in [0.05, 0.1) is 11.9 Å². The summed E-state index contributed by atoms with van der Waals surface area (Å²) in [5.74, 6) is 0.780. The van der Waals surface area contributed by atoms with Crippen molar-refractivity contribution in [1.82, 2.24) is 4.98 Å². The highest BCUT2D eigenvalue weighted by molar-refractivity contribution is 5.90. The molecule has 0 atom stereocenters. The molecule has 1 aromatic carbocycles. The summed E-state index contributed by atoms with van der Waals surface area (Å²) in [5.41, 5.74) is 2.84. The normalized spacial score (nSPS) is 10.2. The molecule has 1 aromatic heterocycles. The third kappa shape index (κ3) is 5.29. The van der Waals surface area contributed by atoms with Gasteiger partial charge in [-0.15, -0.1) is 0 Å². The second kappa shape index (κ2) is 8.17. The van der Waals surface area contributed by atoms with Crippen LogP contribution in [0.5, 0.6) is 0 Å². The number of rotatable bonds is 7. The van der Waals surface area contributed by atoms with Gasteiger partial charge in [0, 0.05) is 31.9 Å². The Balaban J connectivity index is 1.93. The van der Waals surface area contributed by atoms with Crippen LogP contribution in [0.4, 0.5) is 22.9 Å². The number of pyridine rings is 1. The maximum Gasteiger partial charge on any atom is 0.224 e. The van der Waals surface area contributed by atoms with Gasteiger partial charge in [-0.05, 0) is 42.8 Å². The van der Waals surface area contributed by atoms with Crippen LogP contribution in [0.1, 0.15) is 26.2 Å². The van der Waals surface area contributed by atoms with Crippen molar-refractivity contribution in [1.29, 1.82) is 0 Å². The minimum absolute atomic E-state index is 0.0358. The smallest absolute Gasteiger partial charge is 0.224 e. The van der Waals surface area contributed by atoms with E-state index in [1.165, 1.54) is 0 Å². The first kappa shape index (κ1) is 16.8. The molecule has 0 spiro atoms. The van der Waals surface area contributed by atoms with Crippen LogP contribution >= 0.6 is 0 Å². The van der Waals surface area contributed by atoms with Crippen molar-refractivity contribution in [2.45, 2.75) is 26.2 Å². The van der Waals surface area contributed by atoms with Gasteiger partial charge in [0.1, 0.15) is 5.82 Å². The quantitative estimate of drug-likeness (QED) is 0.811. The summed E-state index contributed by atoms with van der Waals surface area (Å²) in [6, 6.07) is 11.8. The van der Waals surface area contributed by atoms with Crippen LogP contribution in [0.15, 0.2) is 42.6 Å². The molecule has 5 nitrogen and oxygen atoms in total. The van der Waals surface area contributed by atoms with E-state index in [9.17, 15) is 4.79 Å². The largest absolute Gasteiger partial charge is 0.378 e. The number of nitrogens with one attached hydrogen (secondary N) is 2. The topological polar surface area (TPSA) is 57.3 Å². The first-order valence-corrected chi connectivity index (χ1v) is 7.89. The third-order valence-corrected chi connectivity index (χ3v) is 3.46. The number of hydrogen-bond acceptors (Lipinski definition) is 4. The number of amides is 1. The molecule has 2 rings (SSSR count). The first-order valence-electron chi connectivity index (χ1n) is 7.89. The minimum atomic E-state index is 0.0358. The predicted molar refractivity (Wildman–Crippen MR) is 96.4 cm³/mol. The Labute approximate surface area is 137 Å². The number of carbonyl (C=O) groups is 1. The number of nitrogens with zero attached hydrogens (tertiary/aromatic N) is 2. The Morgan fingerprint density at radius 2 is 1.78 bits per heavy atom. The highest BCUT2D eigenvalue weighted by Gasteiger charge is 2.03. The summed E-state index contributed by atoms with van der Waals surface area (Å²) in [5, 5.41) is 6.10. The number of anilines is 4. The average Bonchev–Trinajstić information content (AvgIpc) is 2.55. The van der Waals surface area contributed by atoms with Crippen LogP contribution in [-0.4, -0.2) is 25.0 Å². The fourth-order valence-corrected chi connectivity index (χ4v) is 2.09. The zero-order valence-corrected chi connectivity index (χ0v) is 14.0. The molecule has 0 aliphatic carbocycles. The van der Waals surface area contributed by atoms with Gasteiger partial charge in [-0.3, -0.25) is 4.79 Å². The molecule has 1 amide bonds. The fraction of sp³-hybridized carbons (Fsp3) is 0.333. The molecule has 0 saturated carbocycles. The standard InChI is InChI=1S/C18H24N4O/c1-4-5-6-18(23)21-15-9-12-17(19-13-15)20-14-7-10-16(11-8-14)22(2)3/h7-13H,4-6H2,1-3H3,(H,19,20)(H,21,23). The third-order valence-electron chi connectivity index (χ3n) is 3.46. The van der Waals surface area contributed by atoms with Crippen molar-refractivity contribution in [2.24, 2.45) is 0 Å². The molecule has 0 aliphatic rings. The summed E-state index contributed by atoms with van der Waals surface area (Å²) < 4.78 is 0. The van der Waals surface area contributed by atoms with E-state index in [-0.39, 0.29) is 5.91 Å². The van der Waals surface area contributed by atoms with E-state index >= 15 is 0 Å². The van der Waals surface area contributed by atoms with Crippen LogP contribution in [0.2, 0.25) is 0 Å². The number of unbranched alkanes of at least 4 members (excludes halogenated alkanes) is 1. The van der Waals surface area contributed by atoms with Crippen molar-refractivity contribution in [3.05, 3.63) is 42.6 Å². The number of aromatic nitrogens is 1. The van der Waals surface area contributed by atoms with Crippen LogP contribution in [0, 0.1) is 0 Å². The monoisotopic (exact) mass is 312 g/mol. The van der Waals surface area contributed by atoms with Gasteiger partial charge >= 0.3 is 0 Å². The van der Waals surface area contributed by atoms with Gasteiger partial charge in [0.2, 0.25) is 5.91 Å². The molecule has 1 heterocycles. The van der Waals surface area contributed by atoms with Gasteiger partial charge in [-0.1, -0.05) is 13.3 Å². The lowest BCUT2D eigenvalue weighted by atomic mass is 10.2. The van der Waals surface area contributed by atoms with E-state index in [0.717, 1.165) is 35.7 Å². The molecule has 0 radical (unpaired) electrons. The molecular weight excluding hydrogens is 288 g/mol. The van der Waals surface area contributed by atoms with E-state index in [1.54, 1.807) is 6.20 Å². The van der Waals surface area contributed by atoms with E-state index in [4.69, 9.17) is 0 Å². The minimum Gasteiger partial charge on any atom is -0.378 e. The molecule has 0 fully saturated rings. The average molecular weight is 312 g/mol. The number of benzene rings is 1. The summed E-state index contributed by atoms with van der Waals surface area (Å²) >= 11 is 0. The van der Waals surface area contributed by atoms with Crippen LogP contribution in [-0.2, 0) is 4.79 Å². The molecule has 2 N–H and O–H groups in total. The Morgan fingerprint density at radius 1 is 1.09 bits per heavy atom. The summed E-state index contributed by atoms with van der Waals surface area (Å²) in [4.78, 5) is 18.1. The highest BCUT2D eigenvalue weighted by Crippen LogP contribution is 2.19. The fourth-order valence-electron chi connectivity index (χ4n) is 2.09. The molecule has 23 heavy (non-hydrogen) atoms. The van der Waals surface area contributed by atoms with Gasteiger partial charge < -0.3 is 15.5 Å². The molecule has 2 aromatic rings. The van der Waals surface area contributed by atoms with E-state index in [1.807, 2.05) is 50.5 Å². The van der Waals surface area contributed by atoms with Crippen LogP contribution in [0.3, 0.4) is 0 Å². The second-order valence-electron chi connectivity index (χ2n) is 5.65. The van der Waals surface area contributed by atoms with Crippen LogP contribution < -0.4 is 15.5 Å². The van der Waals surface area contributed by atoms with Crippen molar-refractivity contribution < 1.29 is 4.79 Å². The summed E-state index contributed by atoms with van der Waals surface area (Å²) in [6.07, 6.45) is 4.14. The van der Waals surface area contributed by atoms with Gasteiger partial charge in [0.25, 0.3) is 0 Å². The molecule has 0 bridgehead atoms. The Bertz CT molecular complexity index is 620. The van der Waals surface area contributed by atoms with Crippen molar-refractivity contribution in [3.63, 3.8) is 0 Å². The van der Waals surface area contributed by atoms with Gasteiger partial charge in [-0.25, -0.2) is 4.98 Å². The van der Waals surface area contributed by atoms with E-state index in [2.05, 4.69) is 27.4 Å². The summed E-state index contributed by atoms with van der Waals surface area (Å²) in [6.45, 7) is 2.07. The lowest BCUT2D eigenvalue weighted by Gasteiger charge is -2.13. The Morgan fingerprint density at radius 3 is 2.35 bits per heavy atom. The molecule has 5 heteroatoms. The lowest BCUT2D eigenvalue weighted by molar-refractivity contribution is -0.116. The summed E-state index contributed by atoms with van der Waals surface area (Å²) in [7, 11) is 4.02. The zero-order chi connectivity index (χ0) is 16.7. The molecular formula is C18H24N4O. The predicted octanol–water partition coefficient (Wildman–Crippen LogP) is 4.02. The van der Waals surface area contributed by atoms with Crippen molar-refractivity contribution >= 4 is 28.8 Å². The highest BCUT2D eigenvalue weighted by atomic mass is 16.1. The second-order valence-corrected chi connectivity index (χ2v) is 5.65. The molecule has 0 saturated heterocycles. The Kier molecular flexibility index (Phi) is 5.97. The van der Waals surface area contributed by atoms with E-state index in [0.29, 0.717) is 6.42 Å². The van der Waals surface area contributed by atoms with E-state index < -0.39 is 0 Å². The maximum absolute atomic E-state index is 11.7. The van der Waals surface area contributed by atoms with Crippen molar-refractivity contribution in [2.75, 3.05) is 29.6 Å². The molecule has 122 valence electrons. The SMILES string of the molecule is CCCCC(=O)Nc1ccc(Nc2ccc(N(C)C)cc2)nc1. The molecule has 0 aliphatic heterocycles. The Hall–Kier alpha value is -2.56. The van der Waals surface area contributed by atoms with Crippen LogP contribution in [0.25, 0.3) is 0 Å². The van der Waals surface area contributed by atoms with Gasteiger partial charge in [-0.2, -0.15) is 0 Å². The zero-order valence-electron chi connectivity index (χ0n) is 14.0. The van der Waals surface area contributed by atoms with Crippen molar-refractivity contribution in [3.8, 4) is 0 Å². The first-order chi connectivity index (χ1) is 11.1.